The van der Waals surface area contributed by atoms with Crippen LogP contribution in [0.3, 0.4) is 0 Å². The van der Waals surface area contributed by atoms with E-state index in [2.05, 4.69) is 24.3 Å². The lowest BCUT2D eigenvalue weighted by Gasteiger charge is -2.01. The fourth-order valence-corrected chi connectivity index (χ4v) is 2.27. The molecule has 0 unspecified atom stereocenters. The molecule has 0 heterocycles. The van der Waals surface area contributed by atoms with E-state index < -0.39 is 0 Å². The predicted octanol–water partition coefficient (Wildman–Crippen LogP) is 5.79. The maximum absolute atomic E-state index is 2.36. The van der Waals surface area contributed by atoms with E-state index in [0.29, 0.717) is 0 Å². The third-order valence-electron chi connectivity index (χ3n) is 3.35. The normalized spacial score (nSPS) is 24.0. The van der Waals surface area contributed by atoms with Crippen molar-refractivity contribution in [2.75, 3.05) is 0 Å². The zero-order valence-corrected chi connectivity index (χ0v) is 10.8. The predicted molar refractivity (Wildman–Crippen MR) is 73.7 cm³/mol. The summed E-state index contributed by atoms with van der Waals surface area (Å²) in [6.45, 7) is 0. The van der Waals surface area contributed by atoms with E-state index in [1.165, 1.54) is 70.6 Å². The van der Waals surface area contributed by atoms with Crippen molar-refractivity contribution in [3.63, 3.8) is 0 Å². The molecular formula is C16H28. The standard InChI is InChI=1S/C16H28/c1-2-4-6-8-10-12-14-16-15-13-11-9-7-5-3-1/h1-2,5,7H,3-4,6,8-16H2/b2-1+,7-5?. The van der Waals surface area contributed by atoms with Gasteiger partial charge in [-0.3, -0.25) is 0 Å². The Morgan fingerprint density at radius 1 is 0.375 bits per heavy atom. The van der Waals surface area contributed by atoms with Crippen LogP contribution >= 0.6 is 0 Å². The van der Waals surface area contributed by atoms with E-state index >= 15 is 0 Å². The molecule has 0 N–H and O–H groups in total. The largest absolute Gasteiger partial charge is 0.0882 e. The third kappa shape index (κ3) is 8.76. The fraction of sp³-hybridized carbons (Fsp3) is 0.750. The Balaban J connectivity index is 2.15. The molecule has 0 aliphatic heterocycles. The molecule has 0 aromatic carbocycles. The van der Waals surface area contributed by atoms with Crippen LogP contribution in [0.5, 0.6) is 0 Å². The molecular weight excluding hydrogens is 192 g/mol. The molecule has 1 rings (SSSR count). The van der Waals surface area contributed by atoms with Gasteiger partial charge in [0.25, 0.3) is 0 Å². The topological polar surface area (TPSA) is 0 Å². The summed E-state index contributed by atoms with van der Waals surface area (Å²) in [4.78, 5) is 0. The van der Waals surface area contributed by atoms with Gasteiger partial charge in [-0.2, -0.15) is 0 Å². The molecule has 0 fully saturated rings. The van der Waals surface area contributed by atoms with Gasteiger partial charge in [0.15, 0.2) is 0 Å². The monoisotopic (exact) mass is 220 g/mol. The fourth-order valence-electron chi connectivity index (χ4n) is 2.27. The van der Waals surface area contributed by atoms with Gasteiger partial charge in [-0.15, -0.1) is 0 Å². The van der Waals surface area contributed by atoms with Gasteiger partial charge in [-0.05, 0) is 32.1 Å². The molecule has 1 aliphatic carbocycles. The highest BCUT2D eigenvalue weighted by atomic mass is 14.0. The average molecular weight is 220 g/mol. The van der Waals surface area contributed by atoms with Crippen molar-refractivity contribution in [2.24, 2.45) is 0 Å². The van der Waals surface area contributed by atoms with Crippen LogP contribution in [0.4, 0.5) is 0 Å². The molecule has 0 spiro atoms. The number of allylic oxidation sites excluding steroid dienone is 4. The summed E-state index contributed by atoms with van der Waals surface area (Å²) in [6, 6.07) is 0. The molecule has 0 radical (unpaired) electrons. The molecule has 16 heavy (non-hydrogen) atoms. The first-order valence-electron chi connectivity index (χ1n) is 7.30. The minimum Gasteiger partial charge on any atom is -0.0882 e. The Bertz CT molecular complexity index is 168. The third-order valence-corrected chi connectivity index (χ3v) is 3.35. The van der Waals surface area contributed by atoms with E-state index in [4.69, 9.17) is 0 Å². The zero-order chi connectivity index (χ0) is 11.3. The number of hydrogen-bond donors (Lipinski definition) is 0. The highest BCUT2D eigenvalue weighted by Crippen LogP contribution is 2.12. The lowest BCUT2D eigenvalue weighted by atomic mass is 10.0. The Morgan fingerprint density at radius 3 is 1.19 bits per heavy atom. The summed E-state index contributed by atoms with van der Waals surface area (Å²) in [5.41, 5.74) is 0. The minimum atomic E-state index is 1.14. The Hall–Kier alpha value is -0.520. The molecule has 0 bridgehead atoms. The van der Waals surface area contributed by atoms with Gasteiger partial charge < -0.3 is 0 Å². The summed E-state index contributed by atoms with van der Waals surface area (Å²) in [5, 5.41) is 0. The van der Waals surface area contributed by atoms with Gasteiger partial charge in [-0.1, -0.05) is 69.2 Å². The van der Waals surface area contributed by atoms with Crippen molar-refractivity contribution in [1.82, 2.24) is 0 Å². The second-order valence-electron chi connectivity index (χ2n) is 4.94. The molecule has 0 nitrogen and oxygen atoms in total. The van der Waals surface area contributed by atoms with E-state index in [9.17, 15) is 0 Å². The van der Waals surface area contributed by atoms with Crippen LogP contribution in [0, 0.1) is 0 Å². The lowest BCUT2D eigenvalue weighted by Crippen LogP contribution is -1.82. The SMILES string of the molecule is C1=CCCCCCCCCCCC/C=C/C1. The summed E-state index contributed by atoms with van der Waals surface area (Å²) in [7, 11) is 0. The van der Waals surface area contributed by atoms with E-state index in [0.717, 1.165) is 6.42 Å². The Kier molecular flexibility index (Phi) is 9.30. The Labute approximate surface area is 102 Å². The Morgan fingerprint density at radius 2 is 0.750 bits per heavy atom. The second kappa shape index (κ2) is 11.0. The first-order valence-corrected chi connectivity index (χ1v) is 7.30. The molecule has 0 saturated heterocycles. The van der Waals surface area contributed by atoms with E-state index in [-0.39, 0.29) is 0 Å². The molecule has 0 aromatic rings. The second-order valence-corrected chi connectivity index (χ2v) is 4.94. The van der Waals surface area contributed by atoms with E-state index in [1.54, 1.807) is 0 Å². The maximum atomic E-state index is 2.36. The number of rotatable bonds is 0. The molecule has 0 heteroatoms. The number of hydrogen-bond acceptors (Lipinski definition) is 0. The lowest BCUT2D eigenvalue weighted by molar-refractivity contribution is 0.561. The van der Waals surface area contributed by atoms with Gasteiger partial charge in [0.1, 0.15) is 0 Å². The van der Waals surface area contributed by atoms with Gasteiger partial charge in [0.05, 0.1) is 0 Å². The van der Waals surface area contributed by atoms with Crippen molar-refractivity contribution in [3.05, 3.63) is 24.3 Å². The van der Waals surface area contributed by atoms with Gasteiger partial charge in [0, 0.05) is 0 Å². The van der Waals surface area contributed by atoms with Crippen molar-refractivity contribution < 1.29 is 0 Å². The van der Waals surface area contributed by atoms with Crippen LogP contribution in [-0.2, 0) is 0 Å². The van der Waals surface area contributed by atoms with Gasteiger partial charge in [-0.25, -0.2) is 0 Å². The van der Waals surface area contributed by atoms with Gasteiger partial charge in [0.2, 0.25) is 0 Å². The van der Waals surface area contributed by atoms with Crippen LogP contribution in [0.25, 0.3) is 0 Å². The summed E-state index contributed by atoms with van der Waals surface area (Å²) in [5.74, 6) is 0. The highest BCUT2D eigenvalue weighted by molar-refractivity contribution is 4.92. The zero-order valence-electron chi connectivity index (χ0n) is 10.8. The van der Waals surface area contributed by atoms with Crippen molar-refractivity contribution in [1.29, 1.82) is 0 Å². The molecule has 92 valence electrons. The average Bonchev–Trinajstić information content (AvgIpc) is 2.29. The summed E-state index contributed by atoms with van der Waals surface area (Å²) >= 11 is 0. The van der Waals surface area contributed by atoms with Crippen molar-refractivity contribution in [3.8, 4) is 0 Å². The smallest absolute Gasteiger partial charge is 0.0169 e. The van der Waals surface area contributed by atoms with Crippen LogP contribution in [0.1, 0.15) is 77.0 Å². The van der Waals surface area contributed by atoms with Crippen LogP contribution < -0.4 is 0 Å². The molecule has 0 saturated carbocycles. The first kappa shape index (κ1) is 13.5. The van der Waals surface area contributed by atoms with Crippen LogP contribution in [0.2, 0.25) is 0 Å². The van der Waals surface area contributed by atoms with Crippen LogP contribution in [-0.4, -0.2) is 0 Å². The minimum absolute atomic E-state index is 1.14. The van der Waals surface area contributed by atoms with Crippen molar-refractivity contribution in [2.45, 2.75) is 77.0 Å². The maximum Gasteiger partial charge on any atom is -0.0169 e. The molecule has 1 aliphatic rings. The molecule has 0 amide bonds. The van der Waals surface area contributed by atoms with Crippen LogP contribution in [0.15, 0.2) is 24.3 Å². The van der Waals surface area contributed by atoms with E-state index in [1.807, 2.05) is 0 Å². The van der Waals surface area contributed by atoms with Crippen molar-refractivity contribution >= 4 is 0 Å². The summed E-state index contributed by atoms with van der Waals surface area (Å²) < 4.78 is 0. The molecule has 0 atom stereocenters. The summed E-state index contributed by atoms with van der Waals surface area (Å²) in [6.07, 6.45) is 26.0. The quantitative estimate of drug-likeness (QED) is 0.453. The van der Waals surface area contributed by atoms with Gasteiger partial charge >= 0.3 is 0 Å². The molecule has 0 aromatic heterocycles. The highest BCUT2D eigenvalue weighted by Gasteiger charge is 1.92. The first-order chi connectivity index (χ1) is 8.00.